The van der Waals surface area contributed by atoms with Crippen molar-refractivity contribution in [3.63, 3.8) is 0 Å². The average molecular weight is 304 g/mol. The second-order valence-corrected chi connectivity index (χ2v) is 6.25. The summed E-state index contributed by atoms with van der Waals surface area (Å²) in [6.07, 6.45) is 1.53. The van der Waals surface area contributed by atoms with Crippen molar-refractivity contribution in [2.45, 2.75) is 45.8 Å². The topological polar surface area (TPSA) is 55.6 Å². The molecule has 0 saturated carbocycles. The van der Waals surface area contributed by atoms with E-state index in [4.69, 9.17) is 10.5 Å². The number of nitrogens with zero attached hydrogens (tertiary/aromatic N) is 1. The van der Waals surface area contributed by atoms with E-state index in [0.717, 1.165) is 18.4 Å². The lowest BCUT2D eigenvalue weighted by Crippen LogP contribution is -2.53. The van der Waals surface area contributed by atoms with Crippen molar-refractivity contribution in [3.8, 4) is 0 Å². The fourth-order valence-electron chi connectivity index (χ4n) is 3.23. The number of carbonyl (C=O) groups excluding carboxylic acids is 1. The molecule has 0 aliphatic carbocycles. The number of ether oxygens (including phenoxy) is 1. The van der Waals surface area contributed by atoms with Crippen molar-refractivity contribution in [1.82, 2.24) is 4.90 Å². The second-order valence-electron chi connectivity index (χ2n) is 6.25. The van der Waals surface area contributed by atoms with Crippen molar-refractivity contribution >= 4 is 5.91 Å². The van der Waals surface area contributed by atoms with Gasteiger partial charge >= 0.3 is 0 Å². The van der Waals surface area contributed by atoms with Crippen LogP contribution in [0.25, 0.3) is 0 Å². The summed E-state index contributed by atoms with van der Waals surface area (Å²) < 4.78 is 6.04. The van der Waals surface area contributed by atoms with Crippen LogP contribution in [0.4, 0.5) is 0 Å². The van der Waals surface area contributed by atoms with Crippen LogP contribution in [0.5, 0.6) is 0 Å². The highest BCUT2D eigenvalue weighted by molar-refractivity contribution is 5.83. The van der Waals surface area contributed by atoms with E-state index in [1.54, 1.807) is 0 Å². The molecule has 1 aromatic carbocycles. The maximum atomic E-state index is 13.0. The molecular formula is C18H28N2O2. The van der Waals surface area contributed by atoms with Crippen LogP contribution < -0.4 is 5.73 Å². The highest BCUT2D eigenvalue weighted by atomic mass is 16.5. The largest absolute Gasteiger partial charge is 0.367 e. The Morgan fingerprint density at radius 2 is 1.91 bits per heavy atom. The van der Waals surface area contributed by atoms with Crippen LogP contribution in [0, 0.1) is 5.41 Å². The molecule has 2 N–H and O–H groups in total. The molecule has 122 valence electrons. The van der Waals surface area contributed by atoms with Gasteiger partial charge in [0.25, 0.3) is 0 Å². The lowest BCUT2D eigenvalue weighted by atomic mass is 9.80. The number of rotatable bonds is 5. The van der Waals surface area contributed by atoms with Crippen molar-refractivity contribution < 1.29 is 9.53 Å². The first-order valence-electron chi connectivity index (χ1n) is 8.26. The molecule has 4 heteroatoms. The van der Waals surface area contributed by atoms with Gasteiger partial charge in [-0.05, 0) is 25.3 Å². The van der Waals surface area contributed by atoms with Gasteiger partial charge in [0.15, 0.2) is 0 Å². The van der Waals surface area contributed by atoms with Gasteiger partial charge in [-0.1, -0.05) is 44.2 Å². The Bertz CT molecular complexity index is 477. The monoisotopic (exact) mass is 304 g/mol. The van der Waals surface area contributed by atoms with Gasteiger partial charge in [-0.15, -0.1) is 0 Å². The lowest BCUT2D eigenvalue weighted by molar-refractivity contribution is -0.155. The van der Waals surface area contributed by atoms with E-state index in [2.05, 4.69) is 12.1 Å². The fourth-order valence-corrected chi connectivity index (χ4v) is 3.23. The van der Waals surface area contributed by atoms with E-state index in [9.17, 15) is 4.79 Å². The maximum absolute atomic E-state index is 13.0. The summed E-state index contributed by atoms with van der Waals surface area (Å²) in [4.78, 5) is 15.0. The van der Waals surface area contributed by atoms with E-state index < -0.39 is 5.41 Å². The smallest absolute Gasteiger partial charge is 0.230 e. The Morgan fingerprint density at radius 1 is 1.27 bits per heavy atom. The van der Waals surface area contributed by atoms with Crippen molar-refractivity contribution in [2.24, 2.45) is 11.1 Å². The van der Waals surface area contributed by atoms with Gasteiger partial charge in [0.2, 0.25) is 5.91 Å². The number of hydrogen-bond donors (Lipinski definition) is 1. The van der Waals surface area contributed by atoms with Gasteiger partial charge in [0, 0.05) is 13.1 Å². The lowest BCUT2D eigenvalue weighted by Gasteiger charge is -2.42. The summed E-state index contributed by atoms with van der Waals surface area (Å²) in [6, 6.07) is 10.1. The third kappa shape index (κ3) is 3.33. The molecule has 4 nitrogen and oxygen atoms in total. The number of carbonyl (C=O) groups is 1. The molecule has 2 rings (SSSR count). The summed E-state index contributed by atoms with van der Waals surface area (Å²) in [5, 5.41) is 0. The molecule has 1 aliphatic rings. The van der Waals surface area contributed by atoms with E-state index in [1.165, 1.54) is 0 Å². The first-order chi connectivity index (χ1) is 10.6. The number of morpholine rings is 1. The molecule has 1 amide bonds. The van der Waals surface area contributed by atoms with Crippen LogP contribution in [-0.2, 0) is 9.53 Å². The first kappa shape index (κ1) is 17.0. The van der Waals surface area contributed by atoms with Gasteiger partial charge in [0.05, 0.1) is 18.1 Å². The van der Waals surface area contributed by atoms with E-state index in [1.807, 2.05) is 43.9 Å². The molecule has 1 aliphatic heterocycles. The minimum Gasteiger partial charge on any atom is -0.367 e. The fraction of sp³-hybridized carbons (Fsp3) is 0.611. The zero-order valence-electron chi connectivity index (χ0n) is 13.9. The molecule has 22 heavy (non-hydrogen) atoms. The summed E-state index contributed by atoms with van der Waals surface area (Å²) in [5.41, 5.74) is 6.63. The Kier molecular flexibility index (Phi) is 5.59. The van der Waals surface area contributed by atoms with Crippen molar-refractivity contribution in [3.05, 3.63) is 35.9 Å². The molecular weight excluding hydrogens is 276 g/mol. The number of hydrogen-bond acceptors (Lipinski definition) is 3. The quantitative estimate of drug-likeness (QED) is 0.910. The summed E-state index contributed by atoms with van der Waals surface area (Å²) in [6.45, 7) is 7.77. The molecule has 1 aromatic rings. The number of benzene rings is 1. The third-order valence-corrected chi connectivity index (χ3v) is 4.92. The van der Waals surface area contributed by atoms with Crippen molar-refractivity contribution in [1.29, 1.82) is 0 Å². The van der Waals surface area contributed by atoms with E-state index in [-0.39, 0.29) is 18.1 Å². The molecule has 0 radical (unpaired) electrons. The molecule has 0 aromatic heterocycles. The van der Waals surface area contributed by atoms with Gasteiger partial charge < -0.3 is 15.4 Å². The molecule has 1 saturated heterocycles. The molecule has 1 fully saturated rings. The van der Waals surface area contributed by atoms with Crippen LogP contribution >= 0.6 is 0 Å². The molecule has 1 heterocycles. The van der Waals surface area contributed by atoms with Gasteiger partial charge in [-0.2, -0.15) is 0 Å². The second kappa shape index (κ2) is 7.25. The Labute approximate surface area is 133 Å². The Hall–Kier alpha value is -1.39. The summed E-state index contributed by atoms with van der Waals surface area (Å²) in [5.74, 6) is 0.177. The molecule has 2 atom stereocenters. The Balaban J connectivity index is 2.19. The SMILES string of the molecule is CCC(CC)(CN)C(=O)N1CC(C)OC(c2ccccc2)C1. The average Bonchev–Trinajstić information content (AvgIpc) is 2.57. The van der Waals surface area contributed by atoms with Gasteiger partial charge in [0.1, 0.15) is 6.10 Å². The minimum absolute atomic E-state index is 0.0343. The number of amides is 1. The van der Waals surface area contributed by atoms with Gasteiger partial charge in [-0.3, -0.25) is 4.79 Å². The first-order valence-corrected chi connectivity index (χ1v) is 8.26. The molecule has 2 unspecified atom stereocenters. The zero-order chi connectivity index (χ0) is 16.2. The van der Waals surface area contributed by atoms with Gasteiger partial charge in [-0.25, -0.2) is 0 Å². The third-order valence-electron chi connectivity index (χ3n) is 4.92. The highest BCUT2D eigenvalue weighted by Crippen LogP contribution is 2.32. The highest BCUT2D eigenvalue weighted by Gasteiger charge is 2.40. The standard InChI is InChI=1S/C18H28N2O2/c1-4-18(5-2,13-19)17(21)20-11-14(3)22-16(12-20)15-9-7-6-8-10-15/h6-10,14,16H,4-5,11-13,19H2,1-3H3. The Morgan fingerprint density at radius 3 is 2.45 bits per heavy atom. The summed E-state index contributed by atoms with van der Waals surface area (Å²) in [7, 11) is 0. The minimum atomic E-state index is -0.432. The van der Waals surface area contributed by atoms with Crippen LogP contribution in [0.2, 0.25) is 0 Å². The van der Waals surface area contributed by atoms with Crippen LogP contribution in [0.1, 0.15) is 45.3 Å². The van der Waals surface area contributed by atoms with Crippen LogP contribution in [-0.4, -0.2) is 36.5 Å². The predicted molar refractivity (Wildman–Crippen MR) is 88.4 cm³/mol. The molecule has 0 bridgehead atoms. The number of nitrogens with two attached hydrogens (primary N) is 1. The summed E-state index contributed by atoms with van der Waals surface area (Å²) >= 11 is 0. The van der Waals surface area contributed by atoms with Crippen molar-refractivity contribution in [2.75, 3.05) is 19.6 Å². The van der Waals surface area contributed by atoms with E-state index in [0.29, 0.717) is 19.6 Å². The van der Waals surface area contributed by atoms with Crippen LogP contribution in [0.3, 0.4) is 0 Å². The normalized spacial score (nSPS) is 22.6. The molecule has 0 spiro atoms. The predicted octanol–water partition coefficient (Wildman–Crippen LogP) is 2.74. The maximum Gasteiger partial charge on any atom is 0.230 e. The van der Waals surface area contributed by atoms with E-state index >= 15 is 0 Å². The van der Waals surface area contributed by atoms with Crippen LogP contribution in [0.15, 0.2) is 30.3 Å². The zero-order valence-corrected chi connectivity index (χ0v) is 13.9.